The lowest BCUT2D eigenvalue weighted by molar-refractivity contribution is 0.265. The fourth-order valence-corrected chi connectivity index (χ4v) is 3.92. The number of sulfonamides is 1. The minimum Gasteiger partial charge on any atom is -0.508 e. The summed E-state index contributed by atoms with van der Waals surface area (Å²) < 4.78 is 28.5. The third kappa shape index (κ3) is 4.46. The number of nitrogens with zero attached hydrogens (tertiary/aromatic N) is 1. The molecule has 3 aromatic rings. The molecule has 10 heteroatoms. The number of carbonyl (C=O) groups is 1. The Morgan fingerprint density at radius 3 is 2.40 bits per heavy atom. The van der Waals surface area contributed by atoms with E-state index in [0.29, 0.717) is 33.5 Å². The van der Waals surface area contributed by atoms with Crippen molar-refractivity contribution in [2.75, 3.05) is 0 Å². The Morgan fingerprint density at radius 2 is 1.73 bits per heavy atom. The van der Waals surface area contributed by atoms with E-state index in [4.69, 9.17) is 9.56 Å². The minimum atomic E-state index is -3.76. The predicted octanol–water partition coefficient (Wildman–Crippen LogP) is 3.83. The van der Waals surface area contributed by atoms with Gasteiger partial charge in [-0.15, -0.1) is 0 Å². The molecule has 1 aliphatic heterocycles. The van der Waals surface area contributed by atoms with Gasteiger partial charge in [0.05, 0.1) is 15.5 Å². The number of rotatable bonds is 4. The molecule has 152 valence electrons. The van der Waals surface area contributed by atoms with Gasteiger partial charge in [0, 0.05) is 5.56 Å². The SMILES string of the molecule is NS(=O)(=O)c1ccc(-c2ccc(C=C3SC(=O)NC3=Nc3ccc(O)cc3)o2)cc1. The van der Waals surface area contributed by atoms with Gasteiger partial charge in [-0.25, -0.2) is 18.5 Å². The van der Waals surface area contributed by atoms with Crippen molar-refractivity contribution in [3.8, 4) is 17.1 Å². The van der Waals surface area contributed by atoms with Crippen LogP contribution in [-0.2, 0) is 10.0 Å². The number of aliphatic imine (C=N–C) groups is 1. The van der Waals surface area contributed by atoms with Crippen LogP contribution in [0, 0.1) is 0 Å². The number of nitrogens with one attached hydrogen (secondary N) is 1. The number of furan rings is 1. The first kappa shape index (κ1) is 20.0. The van der Waals surface area contributed by atoms with Gasteiger partial charge in [0.2, 0.25) is 10.0 Å². The first-order chi connectivity index (χ1) is 14.3. The van der Waals surface area contributed by atoms with Crippen molar-refractivity contribution in [1.29, 1.82) is 0 Å². The van der Waals surface area contributed by atoms with E-state index in [1.807, 2.05) is 0 Å². The average Bonchev–Trinajstić information content (AvgIpc) is 3.30. The number of amidine groups is 1. The summed E-state index contributed by atoms with van der Waals surface area (Å²) in [7, 11) is -3.76. The molecule has 0 bridgehead atoms. The second-order valence-corrected chi connectivity index (χ2v) is 8.85. The molecule has 0 spiro atoms. The first-order valence-electron chi connectivity index (χ1n) is 8.60. The molecular formula is C20H15N3O5S2. The van der Waals surface area contributed by atoms with Gasteiger partial charge in [-0.1, -0.05) is 0 Å². The van der Waals surface area contributed by atoms with Crippen LogP contribution in [0.5, 0.6) is 5.75 Å². The second-order valence-electron chi connectivity index (χ2n) is 6.27. The van der Waals surface area contributed by atoms with E-state index in [9.17, 15) is 18.3 Å². The summed E-state index contributed by atoms with van der Waals surface area (Å²) >= 11 is 0.991. The van der Waals surface area contributed by atoms with Crippen molar-refractivity contribution in [1.82, 2.24) is 5.32 Å². The minimum absolute atomic E-state index is 0.0159. The highest BCUT2D eigenvalue weighted by molar-refractivity contribution is 8.18. The zero-order valence-electron chi connectivity index (χ0n) is 15.3. The number of nitrogens with two attached hydrogens (primary N) is 1. The fraction of sp³-hybridized carbons (Fsp3) is 0. The van der Waals surface area contributed by atoms with Gasteiger partial charge < -0.3 is 14.8 Å². The number of thioether (sulfide) groups is 1. The van der Waals surface area contributed by atoms with Crippen LogP contribution >= 0.6 is 11.8 Å². The Hall–Kier alpha value is -3.34. The van der Waals surface area contributed by atoms with Crippen LogP contribution < -0.4 is 10.5 Å². The molecule has 8 nitrogen and oxygen atoms in total. The molecule has 2 aromatic carbocycles. The highest BCUT2D eigenvalue weighted by Gasteiger charge is 2.24. The third-order valence-corrected chi connectivity index (χ3v) is 5.86. The van der Waals surface area contributed by atoms with Crippen molar-refractivity contribution in [2.24, 2.45) is 10.1 Å². The monoisotopic (exact) mass is 441 g/mol. The van der Waals surface area contributed by atoms with Crippen LogP contribution in [0.1, 0.15) is 5.76 Å². The molecule has 1 amide bonds. The van der Waals surface area contributed by atoms with E-state index in [1.54, 1.807) is 42.5 Å². The van der Waals surface area contributed by atoms with Gasteiger partial charge in [0.25, 0.3) is 5.24 Å². The fourth-order valence-electron chi connectivity index (χ4n) is 2.69. The number of hydrogen-bond donors (Lipinski definition) is 3. The molecule has 0 radical (unpaired) electrons. The highest BCUT2D eigenvalue weighted by Crippen LogP contribution is 2.31. The van der Waals surface area contributed by atoms with Gasteiger partial charge in [-0.05, 0) is 78.5 Å². The number of aromatic hydroxyl groups is 1. The maximum atomic E-state index is 11.8. The van der Waals surface area contributed by atoms with E-state index in [0.717, 1.165) is 11.8 Å². The van der Waals surface area contributed by atoms with Gasteiger partial charge in [0.1, 0.15) is 23.1 Å². The van der Waals surface area contributed by atoms with Crippen molar-refractivity contribution >= 4 is 44.6 Å². The lowest BCUT2D eigenvalue weighted by Crippen LogP contribution is -2.18. The highest BCUT2D eigenvalue weighted by atomic mass is 32.2. The zero-order chi connectivity index (χ0) is 21.3. The number of phenolic OH excluding ortho intramolecular Hbond substituents is 1. The lowest BCUT2D eigenvalue weighted by Gasteiger charge is -2.01. The van der Waals surface area contributed by atoms with E-state index >= 15 is 0 Å². The summed E-state index contributed by atoms with van der Waals surface area (Å²) in [6, 6.07) is 15.8. The number of carbonyl (C=O) groups excluding carboxylic acids is 1. The molecule has 0 unspecified atom stereocenters. The number of primary sulfonamides is 1. The normalized spacial score (nSPS) is 16.9. The Labute approximate surface area is 176 Å². The molecule has 1 saturated heterocycles. The van der Waals surface area contributed by atoms with E-state index in [2.05, 4.69) is 10.3 Å². The van der Waals surface area contributed by atoms with Crippen LogP contribution in [0.3, 0.4) is 0 Å². The van der Waals surface area contributed by atoms with Crippen LogP contribution in [-0.4, -0.2) is 24.6 Å². The summed E-state index contributed by atoms with van der Waals surface area (Å²) in [5.74, 6) is 1.53. The summed E-state index contributed by atoms with van der Waals surface area (Å²) in [4.78, 5) is 16.8. The Bertz CT molecular complexity index is 1270. The molecule has 0 atom stereocenters. The van der Waals surface area contributed by atoms with E-state index < -0.39 is 10.0 Å². The molecule has 1 aromatic heterocycles. The zero-order valence-corrected chi connectivity index (χ0v) is 16.9. The Morgan fingerprint density at radius 1 is 1.03 bits per heavy atom. The first-order valence-corrected chi connectivity index (χ1v) is 11.0. The van der Waals surface area contributed by atoms with Crippen molar-refractivity contribution < 1.29 is 22.7 Å². The molecule has 30 heavy (non-hydrogen) atoms. The maximum Gasteiger partial charge on any atom is 0.289 e. The Kier molecular flexibility index (Phi) is 5.20. The van der Waals surface area contributed by atoms with Gasteiger partial charge in [0.15, 0.2) is 0 Å². The van der Waals surface area contributed by atoms with Crippen LogP contribution in [0.25, 0.3) is 17.4 Å². The molecule has 1 fully saturated rings. The molecule has 4 rings (SSSR count). The number of phenols is 1. The molecular weight excluding hydrogens is 426 g/mol. The molecule has 4 N–H and O–H groups in total. The molecule has 1 aliphatic rings. The largest absolute Gasteiger partial charge is 0.508 e. The second kappa shape index (κ2) is 7.82. The van der Waals surface area contributed by atoms with Crippen LogP contribution in [0.2, 0.25) is 0 Å². The van der Waals surface area contributed by atoms with Gasteiger partial charge >= 0.3 is 0 Å². The number of benzene rings is 2. The average molecular weight is 441 g/mol. The Balaban J connectivity index is 1.60. The standard InChI is InChI=1S/C20H15N3O5S2/c21-30(26,27)16-8-1-12(2-9-16)17-10-7-15(28-17)11-18-19(23-20(25)29-18)22-13-3-5-14(24)6-4-13/h1-11,24H,(H2,21,26,27)(H,22,23,25). The number of amides is 1. The van der Waals surface area contributed by atoms with Crippen LogP contribution in [0.15, 0.2) is 79.9 Å². The van der Waals surface area contributed by atoms with Gasteiger partial charge in [-0.3, -0.25) is 4.79 Å². The van der Waals surface area contributed by atoms with E-state index in [1.165, 1.54) is 24.3 Å². The van der Waals surface area contributed by atoms with E-state index in [-0.39, 0.29) is 15.9 Å². The molecule has 2 heterocycles. The van der Waals surface area contributed by atoms with Crippen molar-refractivity contribution in [3.63, 3.8) is 0 Å². The summed E-state index contributed by atoms with van der Waals surface area (Å²) in [5, 5.41) is 16.9. The van der Waals surface area contributed by atoms with Crippen molar-refractivity contribution in [2.45, 2.75) is 4.90 Å². The molecule has 0 aliphatic carbocycles. The topological polar surface area (TPSA) is 135 Å². The van der Waals surface area contributed by atoms with Crippen LogP contribution in [0.4, 0.5) is 10.5 Å². The maximum absolute atomic E-state index is 11.8. The number of hydrogen-bond acceptors (Lipinski definition) is 7. The quantitative estimate of drug-likeness (QED) is 0.563. The third-order valence-electron chi connectivity index (χ3n) is 4.11. The molecule has 0 saturated carbocycles. The summed E-state index contributed by atoms with van der Waals surface area (Å²) in [6.07, 6.45) is 1.68. The van der Waals surface area contributed by atoms with Crippen molar-refractivity contribution in [3.05, 3.63) is 71.3 Å². The predicted molar refractivity (Wildman–Crippen MR) is 115 cm³/mol. The summed E-state index contributed by atoms with van der Waals surface area (Å²) in [6.45, 7) is 0. The smallest absolute Gasteiger partial charge is 0.289 e. The van der Waals surface area contributed by atoms with Gasteiger partial charge in [-0.2, -0.15) is 0 Å². The summed E-state index contributed by atoms with van der Waals surface area (Å²) in [5.41, 5.74) is 1.25. The lowest BCUT2D eigenvalue weighted by atomic mass is 10.2.